The Morgan fingerprint density at radius 1 is 1.04 bits per heavy atom. The van der Waals surface area contributed by atoms with Gasteiger partial charge in [0.05, 0.1) is 6.10 Å². The Kier molecular flexibility index (Phi) is 5.21. The normalized spacial score (nSPS) is 16.9. The van der Waals surface area contributed by atoms with Crippen LogP contribution in [0.4, 0.5) is 0 Å². The number of nitrogens with zero attached hydrogens (tertiary/aromatic N) is 3. The van der Waals surface area contributed by atoms with Crippen molar-refractivity contribution in [3.63, 3.8) is 0 Å². The summed E-state index contributed by atoms with van der Waals surface area (Å²) in [6, 6.07) is 15.7. The molecule has 1 fully saturated rings. The van der Waals surface area contributed by atoms with E-state index >= 15 is 0 Å². The SMILES string of the molecule is CO[C@H]1CCCN(C(=O)c2ccc(-c3ccc(-c4nnc(C)o4)cc3)cc2)C1. The van der Waals surface area contributed by atoms with Gasteiger partial charge in [-0.1, -0.05) is 24.3 Å². The Labute approximate surface area is 164 Å². The van der Waals surface area contributed by atoms with Crippen molar-refractivity contribution >= 4 is 5.91 Å². The van der Waals surface area contributed by atoms with E-state index in [1.807, 2.05) is 53.4 Å². The minimum Gasteiger partial charge on any atom is -0.421 e. The number of piperidine rings is 1. The minimum atomic E-state index is 0.0652. The van der Waals surface area contributed by atoms with E-state index in [-0.39, 0.29) is 12.0 Å². The van der Waals surface area contributed by atoms with Gasteiger partial charge in [0.25, 0.3) is 5.91 Å². The number of hydrogen-bond acceptors (Lipinski definition) is 5. The summed E-state index contributed by atoms with van der Waals surface area (Å²) in [5.74, 6) is 1.13. The summed E-state index contributed by atoms with van der Waals surface area (Å²) in [5.41, 5.74) is 3.71. The van der Waals surface area contributed by atoms with E-state index in [1.54, 1.807) is 14.0 Å². The van der Waals surface area contributed by atoms with Gasteiger partial charge in [-0.2, -0.15) is 0 Å². The fourth-order valence-electron chi connectivity index (χ4n) is 3.52. The van der Waals surface area contributed by atoms with E-state index in [0.717, 1.165) is 36.1 Å². The first-order valence-electron chi connectivity index (χ1n) is 9.47. The lowest BCUT2D eigenvalue weighted by atomic mass is 10.0. The lowest BCUT2D eigenvalue weighted by Gasteiger charge is -2.32. The number of carbonyl (C=O) groups excluding carboxylic acids is 1. The number of methoxy groups -OCH3 is 1. The van der Waals surface area contributed by atoms with Gasteiger partial charge in [-0.15, -0.1) is 10.2 Å². The smallest absolute Gasteiger partial charge is 0.253 e. The number of aryl methyl sites for hydroxylation is 1. The molecule has 0 bridgehead atoms. The van der Waals surface area contributed by atoms with Crippen molar-refractivity contribution in [3.05, 3.63) is 60.0 Å². The molecule has 0 radical (unpaired) electrons. The molecule has 2 heterocycles. The molecule has 1 aliphatic rings. The van der Waals surface area contributed by atoms with Crippen LogP contribution in [0.3, 0.4) is 0 Å². The van der Waals surface area contributed by atoms with Crippen molar-refractivity contribution in [2.24, 2.45) is 0 Å². The lowest BCUT2D eigenvalue weighted by molar-refractivity contribution is 0.0269. The van der Waals surface area contributed by atoms with E-state index in [2.05, 4.69) is 10.2 Å². The number of likely N-dealkylation sites (tertiary alicyclic amines) is 1. The van der Waals surface area contributed by atoms with Gasteiger partial charge < -0.3 is 14.1 Å². The molecular weight excluding hydrogens is 354 g/mol. The monoisotopic (exact) mass is 377 g/mol. The molecule has 0 aliphatic carbocycles. The van der Waals surface area contributed by atoms with Gasteiger partial charge >= 0.3 is 0 Å². The van der Waals surface area contributed by atoms with E-state index in [1.165, 1.54) is 0 Å². The molecule has 0 saturated carbocycles. The Morgan fingerprint density at radius 2 is 1.68 bits per heavy atom. The van der Waals surface area contributed by atoms with Crippen LogP contribution in [0.5, 0.6) is 0 Å². The van der Waals surface area contributed by atoms with Gasteiger partial charge in [-0.25, -0.2) is 0 Å². The largest absolute Gasteiger partial charge is 0.421 e. The molecule has 4 rings (SSSR count). The van der Waals surface area contributed by atoms with E-state index < -0.39 is 0 Å². The van der Waals surface area contributed by atoms with Crippen molar-refractivity contribution in [2.45, 2.75) is 25.9 Å². The van der Waals surface area contributed by atoms with Crippen molar-refractivity contribution in [1.29, 1.82) is 0 Å². The first-order valence-corrected chi connectivity index (χ1v) is 9.47. The molecule has 1 aromatic heterocycles. The summed E-state index contributed by atoms with van der Waals surface area (Å²) in [6.45, 7) is 3.22. The number of rotatable bonds is 4. The van der Waals surface area contributed by atoms with Gasteiger partial charge in [0.1, 0.15) is 0 Å². The highest BCUT2D eigenvalue weighted by Crippen LogP contribution is 2.25. The van der Waals surface area contributed by atoms with Crippen LogP contribution in [-0.2, 0) is 4.74 Å². The maximum absolute atomic E-state index is 12.8. The van der Waals surface area contributed by atoms with Crippen molar-refractivity contribution in [3.8, 4) is 22.6 Å². The molecule has 1 amide bonds. The fraction of sp³-hybridized carbons (Fsp3) is 0.318. The zero-order valence-corrected chi connectivity index (χ0v) is 16.1. The predicted octanol–water partition coefficient (Wildman–Crippen LogP) is 3.96. The molecule has 0 N–H and O–H groups in total. The summed E-state index contributed by atoms with van der Waals surface area (Å²) in [4.78, 5) is 14.6. The summed E-state index contributed by atoms with van der Waals surface area (Å²) in [5, 5.41) is 7.90. The second-order valence-electron chi connectivity index (χ2n) is 7.03. The van der Waals surface area contributed by atoms with Crippen LogP contribution in [0.15, 0.2) is 52.9 Å². The molecule has 2 aromatic carbocycles. The Morgan fingerprint density at radius 3 is 2.29 bits per heavy atom. The summed E-state index contributed by atoms with van der Waals surface area (Å²) >= 11 is 0. The van der Waals surface area contributed by atoms with Crippen LogP contribution in [0.2, 0.25) is 0 Å². The quantitative estimate of drug-likeness (QED) is 0.688. The average molecular weight is 377 g/mol. The van der Waals surface area contributed by atoms with Crippen LogP contribution < -0.4 is 0 Å². The number of amides is 1. The van der Waals surface area contributed by atoms with Gasteiger partial charge in [-0.3, -0.25) is 4.79 Å². The topological polar surface area (TPSA) is 68.5 Å². The van der Waals surface area contributed by atoms with Crippen LogP contribution >= 0.6 is 0 Å². The zero-order valence-electron chi connectivity index (χ0n) is 16.1. The van der Waals surface area contributed by atoms with Gasteiger partial charge in [0.2, 0.25) is 11.8 Å². The van der Waals surface area contributed by atoms with Crippen molar-refractivity contribution in [2.75, 3.05) is 20.2 Å². The highest BCUT2D eigenvalue weighted by Gasteiger charge is 2.24. The molecular formula is C22H23N3O3. The molecule has 3 aromatic rings. The third-order valence-corrected chi connectivity index (χ3v) is 5.12. The molecule has 144 valence electrons. The van der Waals surface area contributed by atoms with Crippen molar-refractivity contribution in [1.82, 2.24) is 15.1 Å². The first kappa shape index (κ1) is 18.4. The van der Waals surface area contributed by atoms with E-state index in [4.69, 9.17) is 9.15 Å². The van der Waals surface area contributed by atoms with Crippen LogP contribution in [0.1, 0.15) is 29.1 Å². The Hall–Kier alpha value is -2.99. The lowest BCUT2D eigenvalue weighted by Crippen LogP contribution is -2.42. The number of ether oxygens (including phenoxy) is 1. The molecule has 1 aliphatic heterocycles. The maximum Gasteiger partial charge on any atom is 0.253 e. The third-order valence-electron chi connectivity index (χ3n) is 5.12. The average Bonchev–Trinajstić information content (AvgIpc) is 3.20. The molecule has 0 unspecified atom stereocenters. The second kappa shape index (κ2) is 7.94. The molecule has 28 heavy (non-hydrogen) atoms. The van der Waals surface area contributed by atoms with Crippen LogP contribution in [0, 0.1) is 6.92 Å². The van der Waals surface area contributed by atoms with E-state index in [9.17, 15) is 4.79 Å². The highest BCUT2D eigenvalue weighted by molar-refractivity contribution is 5.94. The molecule has 6 heteroatoms. The third kappa shape index (κ3) is 3.82. The van der Waals surface area contributed by atoms with Crippen molar-refractivity contribution < 1.29 is 13.9 Å². The highest BCUT2D eigenvalue weighted by atomic mass is 16.5. The summed E-state index contributed by atoms with van der Waals surface area (Å²) in [7, 11) is 1.71. The fourth-order valence-corrected chi connectivity index (χ4v) is 3.52. The maximum atomic E-state index is 12.8. The summed E-state index contributed by atoms with van der Waals surface area (Å²) in [6.07, 6.45) is 2.13. The number of aromatic nitrogens is 2. The Bertz CT molecular complexity index is 948. The first-order chi connectivity index (χ1) is 13.6. The van der Waals surface area contributed by atoms with E-state index in [0.29, 0.717) is 23.9 Å². The number of benzene rings is 2. The van der Waals surface area contributed by atoms with Crippen LogP contribution in [0.25, 0.3) is 22.6 Å². The molecule has 1 atom stereocenters. The van der Waals surface area contributed by atoms with Gasteiger partial charge in [0.15, 0.2) is 0 Å². The second-order valence-corrected chi connectivity index (χ2v) is 7.03. The number of hydrogen-bond donors (Lipinski definition) is 0. The molecule has 1 saturated heterocycles. The Balaban J connectivity index is 1.47. The van der Waals surface area contributed by atoms with Gasteiger partial charge in [-0.05, 0) is 48.2 Å². The molecule has 6 nitrogen and oxygen atoms in total. The zero-order chi connectivity index (χ0) is 19.5. The number of carbonyl (C=O) groups is 1. The summed E-state index contributed by atoms with van der Waals surface area (Å²) < 4.78 is 10.9. The van der Waals surface area contributed by atoms with Gasteiger partial charge in [0, 0.05) is 38.2 Å². The minimum absolute atomic E-state index is 0.0652. The predicted molar refractivity (Wildman–Crippen MR) is 106 cm³/mol. The van der Waals surface area contributed by atoms with Crippen LogP contribution in [-0.4, -0.2) is 47.3 Å². The standard InChI is InChI=1S/C22H23N3O3/c1-15-23-24-21(28-15)18-9-5-16(6-10-18)17-7-11-19(12-8-17)22(26)25-13-3-4-20(14-25)27-2/h5-12,20H,3-4,13-14H2,1-2H3/t20-/m0/s1. The molecule has 0 spiro atoms.